The molecule has 3 aliphatic rings. The summed E-state index contributed by atoms with van der Waals surface area (Å²) >= 11 is 5.96. The van der Waals surface area contributed by atoms with Crippen molar-refractivity contribution >= 4 is 11.6 Å². The van der Waals surface area contributed by atoms with Crippen LogP contribution >= 0.6 is 11.6 Å². The molecule has 0 radical (unpaired) electrons. The van der Waals surface area contributed by atoms with Gasteiger partial charge in [-0.05, 0) is 86.3 Å². The molecular formula is C21H28ClFO2. The zero-order valence-electron chi connectivity index (χ0n) is 14.8. The molecular weight excluding hydrogens is 339 g/mol. The molecule has 0 aromatic heterocycles. The molecule has 4 heteroatoms. The van der Waals surface area contributed by atoms with Gasteiger partial charge in [0.05, 0.1) is 5.02 Å². The van der Waals surface area contributed by atoms with E-state index in [-0.39, 0.29) is 17.1 Å². The van der Waals surface area contributed by atoms with E-state index in [1.807, 2.05) is 12.1 Å². The van der Waals surface area contributed by atoms with Crippen molar-refractivity contribution in [1.29, 1.82) is 0 Å². The van der Waals surface area contributed by atoms with Crippen molar-refractivity contribution in [3.05, 3.63) is 34.6 Å². The molecule has 2 aliphatic carbocycles. The molecule has 1 aliphatic heterocycles. The fraction of sp³-hybridized carbons (Fsp3) is 0.714. The van der Waals surface area contributed by atoms with Crippen molar-refractivity contribution in [2.45, 2.75) is 76.4 Å². The molecule has 0 unspecified atom stereocenters. The Morgan fingerprint density at radius 1 is 0.880 bits per heavy atom. The molecule has 2 saturated carbocycles. The summed E-state index contributed by atoms with van der Waals surface area (Å²) in [5.74, 6) is 2.94. The van der Waals surface area contributed by atoms with Crippen molar-refractivity contribution < 1.29 is 14.2 Å². The molecule has 1 saturated heterocycles. The molecule has 4 rings (SSSR count). The number of halogens is 2. The SMILES string of the molecule is Fc1ccc(C2CCC(C3CCC(CCC4OO4)CC3)CC2)cc1Cl. The Bertz CT molecular complexity index is 573. The molecule has 1 heterocycles. The van der Waals surface area contributed by atoms with Crippen LogP contribution in [0.5, 0.6) is 0 Å². The van der Waals surface area contributed by atoms with E-state index in [1.165, 1.54) is 69.4 Å². The summed E-state index contributed by atoms with van der Waals surface area (Å²) < 4.78 is 13.4. The third kappa shape index (κ3) is 4.56. The lowest BCUT2D eigenvalue weighted by molar-refractivity contribution is 0.0850. The standard InChI is InChI=1S/C21H28ClFO2/c22-19-13-18(10-11-20(19)23)17-8-6-16(7-9-17)15-4-1-14(2-5-15)3-12-21-24-25-21/h10-11,13-17,21H,1-9,12H2. The monoisotopic (exact) mass is 366 g/mol. The van der Waals surface area contributed by atoms with Crippen LogP contribution in [-0.4, -0.2) is 6.29 Å². The molecule has 1 aromatic rings. The Morgan fingerprint density at radius 2 is 1.52 bits per heavy atom. The maximum Gasteiger partial charge on any atom is 0.224 e. The number of hydrogen-bond acceptors (Lipinski definition) is 2. The number of hydrogen-bond donors (Lipinski definition) is 0. The minimum atomic E-state index is -0.310. The zero-order valence-corrected chi connectivity index (χ0v) is 15.5. The largest absolute Gasteiger partial charge is 0.224 e. The van der Waals surface area contributed by atoms with Crippen LogP contribution in [0.15, 0.2) is 18.2 Å². The molecule has 2 nitrogen and oxygen atoms in total. The van der Waals surface area contributed by atoms with Crippen molar-refractivity contribution in [3.63, 3.8) is 0 Å². The molecule has 0 amide bonds. The van der Waals surface area contributed by atoms with E-state index in [4.69, 9.17) is 21.4 Å². The molecule has 1 aromatic carbocycles. The van der Waals surface area contributed by atoms with Crippen LogP contribution in [0.3, 0.4) is 0 Å². The van der Waals surface area contributed by atoms with E-state index < -0.39 is 0 Å². The van der Waals surface area contributed by atoms with Gasteiger partial charge in [-0.15, -0.1) is 0 Å². The van der Waals surface area contributed by atoms with Gasteiger partial charge >= 0.3 is 0 Å². The quantitative estimate of drug-likeness (QED) is 0.431. The average molecular weight is 367 g/mol. The third-order valence-corrected chi connectivity index (χ3v) is 7.08. The van der Waals surface area contributed by atoms with Crippen LogP contribution in [-0.2, 0) is 9.78 Å². The lowest BCUT2D eigenvalue weighted by Crippen LogP contribution is -2.25. The Kier molecular flexibility index (Phi) is 5.64. The van der Waals surface area contributed by atoms with Gasteiger partial charge in [-0.1, -0.05) is 30.5 Å². The zero-order chi connectivity index (χ0) is 17.2. The van der Waals surface area contributed by atoms with Gasteiger partial charge in [0, 0.05) is 6.42 Å². The summed E-state index contributed by atoms with van der Waals surface area (Å²) in [6, 6.07) is 5.27. The lowest BCUT2D eigenvalue weighted by Gasteiger charge is -2.38. The van der Waals surface area contributed by atoms with Gasteiger partial charge in [-0.3, -0.25) is 0 Å². The molecule has 0 N–H and O–H groups in total. The molecule has 0 spiro atoms. The Labute approximate surface area is 155 Å². The second-order valence-electron chi connectivity index (χ2n) is 8.27. The van der Waals surface area contributed by atoms with E-state index in [2.05, 4.69) is 0 Å². The fourth-order valence-corrected chi connectivity index (χ4v) is 5.33. The highest BCUT2D eigenvalue weighted by molar-refractivity contribution is 6.30. The fourth-order valence-electron chi connectivity index (χ4n) is 5.15. The normalized spacial score (nSPS) is 33.4. The Hall–Kier alpha value is -0.640. The third-order valence-electron chi connectivity index (χ3n) is 6.79. The van der Waals surface area contributed by atoms with E-state index in [9.17, 15) is 4.39 Å². The predicted molar refractivity (Wildman–Crippen MR) is 96.7 cm³/mol. The molecule has 138 valence electrons. The maximum atomic E-state index is 13.4. The van der Waals surface area contributed by atoms with E-state index >= 15 is 0 Å². The lowest BCUT2D eigenvalue weighted by atomic mass is 9.68. The van der Waals surface area contributed by atoms with Gasteiger partial charge in [0.15, 0.2) is 0 Å². The first-order valence-corrected chi connectivity index (χ1v) is 10.3. The van der Waals surface area contributed by atoms with Crippen molar-refractivity contribution in [3.8, 4) is 0 Å². The Morgan fingerprint density at radius 3 is 2.12 bits per heavy atom. The van der Waals surface area contributed by atoms with E-state index in [0.717, 1.165) is 24.2 Å². The molecule has 25 heavy (non-hydrogen) atoms. The maximum absolute atomic E-state index is 13.4. The first-order chi connectivity index (χ1) is 12.2. The first kappa shape index (κ1) is 17.8. The van der Waals surface area contributed by atoms with Gasteiger partial charge in [-0.25, -0.2) is 4.39 Å². The second-order valence-corrected chi connectivity index (χ2v) is 8.67. The van der Waals surface area contributed by atoms with Crippen LogP contribution in [0.25, 0.3) is 0 Å². The topological polar surface area (TPSA) is 25.1 Å². The van der Waals surface area contributed by atoms with Gasteiger partial charge in [0.1, 0.15) is 5.82 Å². The summed E-state index contributed by atoms with van der Waals surface area (Å²) in [7, 11) is 0. The van der Waals surface area contributed by atoms with E-state index in [0.29, 0.717) is 5.92 Å². The summed E-state index contributed by atoms with van der Waals surface area (Å²) in [6.45, 7) is 0. The van der Waals surface area contributed by atoms with Crippen molar-refractivity contribution in [1.82, 2.24) is 0 Å². The van der Waals surface area contributed by atoms with Crippen LogP contribution in [0.1, 0.15) is 75.7 Å². The molecule has 0 bridgehead atoms. The average Bonchev–Trinajstić information content (AvgIpc) is 3.47. The smallest absolute Gasteiger partial charge is 0.205 e. The molecule has 3 fully saturated rings. The highest BCUT2D eigenvalue weighted by Crippen LogP contribution is 2.45. The van der Waals surface area contributed by atoms with E-state index in [1.54, 1.807) is 0 Å². The van der Waals surface area contributed by atoms with Gasteiger partial charge in [0.25, 0.3) is 0 Å². The van der Waals surface area contributed by atoms with Crippen molar-refractivity contribution in [2.24, 2.45) is 17.8 Å². The first-order valence-electron chi connectivity index (χ1n) is 9.96. The summed E-state index contributed by atoms with van der Waals surface area (Å²) in [5.41, 5.74) is 1.22. The summed E-state index contributed by atoms with van der Waals surface area (Å²) in [4.78, 5) is 9.69. The summed E-state index contributed by atoms with van der Waals surface area (Å²) in [6.07, 6.45) is 13.1. The number of rotatable bonds is 5. The predicted octanol–water partition coefficient (Wildman–Crippen LogP) is 6.63. The summed E-state index contributed by atoms with van der Waals surface area (Å²) in [5, 5.41) is 0.264. The highest BCUT2D eigenvalue weighted by Gasteiger charge is 2.32. The van der Waals surface area contributed by atoms with Crippen LogP contribution < -0.4 is 0 Å². The number of benzene rings is 1. The van der Waals surface area contributed by atoms with Gasteiger partial charge < -0.3 is 0 Å². The second kappa shape index (κ2) is 7.94. The minimum Gasteiger partial charge on any atom is -0.205 e. The van der Waals surface area contributed by atoms with Crippen LogP contribution in [0.4, 0.5) is 4.39 Å². The Balaban J connectivity index is 1.22. The van der Waals surface area contributed by atoms with Crippen LogP contribution in [0, 0.1) is 23.6 Å². The van der Waals surface area contributed by atoms with Crippen LogP contribution in [0.2, 0.25) is 5.02 Å². The van der Waals surface area contributed by atoms with Gasteiger partial charge in [-0.2, -0.15) is 9.78 Å². The van der Waals surface area contributed by atoms with Gasteiger partial charge in [0.2, 0.25) is 6.29 Å². The molecule has 0 atom stereocenters. The van der Waals surface area contributed by atoms with Crippen molar-refractivity contribution in [2.75, 3.05) is 0 Å². The highest BCUT2D eigenvalue weighted by atomic mass is 35.5. The minimum absolute atomic E-state index is 0.105.